The number of hydrogen-bond donors (Lipinski definition) is 1. The van der Waals surface area contributed by atoms with Crippen LogP contribution in [-0.2, 0) is 4.79 Å². The van der Waals surface area contributed by atoms with Crippen molar-refractivity contribution in [1.29, 1.82) is 0 Å². The van der Waals surface area contributed by atoms with Crippen LogP contribution in [0.2, 0.25) is 0 Å². The molecule has 2 heterocycles. The van der Waals surface area contributed by atoms with Crippen LogP contribution in [0.3, 0.4) is 0 Å². The van der Waals surface area contributed by atoms with Gasteiger partial charge in [-0.15, -0.1) is 0 Å². The first-order valence-electron chi connectivity index (χ1n) is 11.0. The molecule has 0 bridgehead atoms. The van der Waals surface area contributed by atoms with Gasteiger partial charge in [0.05, 0.1) is 13.2 Å². The van der Waals surface area contributed by atoms with E-state index in [2.05, 4.69) is 15.2 Å². The molecule has 1 aliphatic heterocycles. The van der Waals surface area contributed by atoms with E-state index in [1.54, 1.807) is 13.4 Å². The first-order valence-corrected chi connectivity index (χ1v) is 11.0. The number of ether oxygens (including phenoxy) is 2. The van der Waals surface area contributed by atoms with Crippen LogP contribution in [-0.4, -0.2) is 49.1 Å². The highest BCUT2D eigenvalue weighted by atomic mass is 16.5. The maximum absolute atomic E-state index is 13.1. The third kappa shape index (κ3) is 5.68. The summed E-state index contributed by atoms with van der Waals surface area (Å²) in [6.07, 6.45) is 4.59. The van der Waals surface area contributed by atoms with Gasteiger partial charge in [0.25, 0.3) is 0 Å². The van der Waals surface area contributed by atoms with Gasteiger partial charge in [-0.1, -0.05) is 30.3 Å². The average Bonchev–Trinajstić information content (AvgIpc) is 3.38. The number of para-hydroxylation sites is 1. The summed E-state index contributed by atoms with van der Waals surface area (Å²) in [5.41, 5.74) is 1.57. The van der Waals surface area contributed by atoms with Crippen molar-refractivity contribution in [1.82, 2.24) is 15.2 Å². The van der Waals surface area contributed by atoms with Crippen LogP contribution in [0, 0.1) is 5.92 Å². The summed E-state index contributed by atoms with van der Waals surface area (Å²) in [5.74, 6) is 1.64. The summed E-state index contributed by atoms with van der Waals surface area (Å²) in [6, 6.07) is 17.1. The molecule has 4 rings (SSSR count). The Bertz CT molecular complexity index is 970. The van der Waals surface area contributed by atoms with Gasteiger partial charge >= 0.3 is 0 Å². The van der Waals surface area contributed by atoms with Crippen LogP contribution < -0.4 is 14.8 Å². The molecule has 32 heavy (non-hydrogen) atoms. The van der Waals surface area contributed by atoms with Crippen LogP contribution in [0.1, 0.15) is 30.1 Å². The van der Waals surface area contributed by atoms with Gasteiger partial charge < -0.3 is 19.2 Å². The molecule has 0 saturated carbocycles. The second kappa shape index (κ2) is 10.8. The minimum atomic E-state index is -0.381. The van der Waals surface area contributed by atoms with Gasteiger partial charge in [-0.3, -0.25) is 9.69 Å². The van der Waals surface area contributed by atoms with Crippen molar-refractivity contribution in [3.05, 3.63) is 78.5 Å². The lowest BCUT2D eigenvalue weighted by Crippen LogP contribution is -2.42. The second-order valence-corrected chi connectivity index (χ2v) is 7.91. The second-order valence-electron chi connectivity index (χ2n) is 7.91. The Labute approximate surface area is 188 Å². The minimum absolute atomic E-state index is 0.0266. The van der Waals surface area contributed by atoms with Gasteiger partial charge in [-0.25, -0.2) is 4.98 Å². The number of rotatable bonds is 9. The number of hydrogen-bond acceptors (Lipinski definition) is 6. The van der Waals surface area contributed by atoms with Gasteiger partial charge in [0.15, 0.2) is 6.39 Å². The van der Waals surface area contributed by atoms with Crippen molar-refractivity contribution in [2.75, 3.05) is 33.4 Å². The number of nitrogens with zero attached hydrogens (tertiary/aromatic N) is 2. The number of likely N-dealkylation sites (tertiary alicyclic amines) is 1. The Morgan fingerprint density at radius 3 is 2.66 bits per heavy atom. The molecule has 3 aromatic rings. The Morgan fingerprint density at radius 2 is 1.94 bits per heavy atom. The van der Waals surface area contributed by atoms with Gasteiger partial charge in [-0.05, 0) is 55.8 Å². The molecular weight excluding hydrogens is 406 g/mol. The van der Waals surface area contributed by atoms with Gasteiger partial charge in [0.2, 0.25) is 5.91 Å². The van der Waals surface area contributed by atoms with Crippen molar-refractivity contribution in [2.24, 2.45) is 5.92 Å². The Kier molecular flexibility index (Phi) is 7.40. The molecule has 2 aromatic carbocycles. The number of piperidine rings is 1. The fraction of sp³-hybridized carbons (Fsp3) is 0.360. The summed E-state index contributed by atoms with van der Waals surface area (Å²) in [6.45, 7) is 3.26. The van der Waals surface area contributed by atoms with Crippen molar-refractivity contribution < 1.29 is 18.7 Å². The van der Waals surface area contributed by atoms with E-state index in [0.29, 0.717) is 12.3 Å². The summed E-state index contributed by atoms with van der Waals surface area (Å²) in [5, 5.41) is 3.18. The third-order valence-corrected chi connectivity index (χ3v) is 5.84. The minimum Gasteiger partial charge on any atom is -0.497 e. The number of amides is 1. The highest BCUT2D eigenvalue weighted by Crippen LogP contribution is 2.26. The predicted octanol–water partition coefficient (Wildman–Crippen LogP) is 3.68. The molecule has 1 aromatic heterocycles. The summed E-state index contributed by atoms with van der Waals surface area (Å²) in [4.78, 5) is 19.7. The van der Waals surface area contributed by atoms with Crippen LogP contribution in [0.5, 0.6) is 11.5 Å². The maximum atomic E-state index is 13.1. The molecule has 0 unspecified atom stereocenters. The van der Waals surface area contributed by atoms with E-state index in [9.17, 15) is 4.79 Å². The smallest absolute Gasteiger partial charge is 0.224 e. The molecule has 0 spiro atoms. The third-order valence-electron chi connectivity index (χ3n) is 5.84. The number of carbonyl (C=O) groups excluding carboxylic acids is 1. The lowest BCUT2D eigenvalue weighted by molar-refractivity contribution is -0.127. The largest absolute Gasteiger partial charge is 0.497 e. The van der Waals surface area contributed by atoms with E-state index in [-0.39, 0.29) is 17.9 Å². The molecule has 1 saturated heterocycles. The van der Waals surface area contributed by atoms with E-state index in [0.717, 1.165) is 49.5 Å². The SMILES string of the molecule is COc1cccc([C@H](NC(=O)C2CCN(CCOc3ccccc3)CC2)c2cocn2)c1. The molecule has 1 N–H and O–H groups in total. The molecule has 7 nitrogen and oxygen atoms in total. The monoisotopic (exact) mass is 435 g/mol. The van der Waals surface area contributed by atoms with Crippen molar-refractivity contribution in [3.8, 4) is 11.5 Å². The number of benzene rings is 2. The first kappa shape index (κ1) is 21.9. The van der Waals surface area contributed by atoms with E-state index in [1.807, 2.05) is 54.6 Å². The molecule has 168 valence electrons. The number of aromatic nitrogens is 1. The zero-order valence-electron chi connectivity index (χ0n) is 18.3. The molecule has 1 atom stereocenters. The number of carbonyl (C=O) groups is 1. The normalized spacial score (nSPS) is 15.8. The van der Waals surface area contributed by atoms with E-state index < -0.39 is 0 Å². The van der Waals surface area contributed by atoms with Crippen LogP contribution in [0.25, 0.3) is 0 Å². The molecule has 1 amide bonds. The zero-order chi connectivity index (χ0) is 22.2. The Morgan fingerprint density at radius 1 is 1.16 bits per heavy atom. The van der Waals surface area contributed by atoms with Crippen molar-refractivity contribution in [2.45, 2.75) is 18.9 Å². The highest BCUT2D eigenvalue weighted by Gasteiger charge is 2.28. The lowest BCUT2D eigenvalue weighted by atomic mass is 9.94. The van der Waals surface area contributed by atoms with E-state index in [1.165, 1.54) is 6.39 Å². The highest BCUT2D eigenvalue weighted by molar-refractivity contribution is 5.79. The van der Waals surface area contributed by atoms with E-state index in [4.69, 9.17) is 13.9 Å². The van der Waals surface area contributed by atoms with Gasteiger partial charge in [0.1, 0.15) is 30.1 Å². The fourth-order valence-electron chi connectivity index (χ4n) is 4.00. The summed E-state index contributed by atoms with van der Waals surface area (Å²) in [7, 11) is 1.63. The molecule has 7 heteroatoms. The zero-order valence-corrected chi connectivity index (χ0v) is 18.3. The van der Waals surface area contributed by atoms with Crippen molar-refractivity contribution >= 4 is 5.91 Å². The quantitative estimate of drug-likeness (QED) is 0.553. The molecule has 1 aliphatic rings. The summed E-state index contributed by atoms with van der Waals surface area (Å²) >= 11 is 0. The molecule has 0 radical (unpaired) electrons. The first-order chi connectivity index (χ1) is 15.7. The number of nitrogens with one attached hydrogen (secondary N) is 1. The Balaban J connectivity index is 1.30. The number of methoxy groups -OCH3 is 1. The number of oxazole rings is 1. The molecule has 0 aliphatic carbocycles. The topological polar surface area (TPSA) is 76.8 Å². The van der Waals surface area contributed by atoms with Gasteiger partial charge in [0, 0.05) is 12.5 Å². The Hall–Kier alpha value is -3.32. The maximum Gasteiger partial charge on any atom is 0.224 e. The summed E-state index contributed by atoms with van der Waals surface area (Å²) < 4.78 is 16.3. The van der Waals surface area contributed by atoms with Crippen LogP contribution >= 0.6 is 0 Å². The van der Waals surface area contributed by atoms with Gasteiger partial charge in [-0.2, -0.15) is 0 Å². The standard InChI is InChI=1S/C25H29N3O4/c1-30-22-9-5-6-20(16-22)24(23-17-31-18-26-23)27-25(29)19-10-12-28(13-11-19)14-15-32-21-7-3-2-4-8-21/h2-9,16-19,24H,10-15H2,1H3,(H,27,29)/t24-/m0/s1. The van der Waals surface area contributed by atoms with Crippen LogP contribution in [0.4, 0.5) is 0 Å². The molecular formula is C25H29N3O4. The van der Waals surface area contributed by atoms with Crippen molar-refractivity contribution in [3.63, 3.8) is 0 Å². The molecule has 1 fully saturated rings. The fourth-order valence-corrected chi connectivity index (χ4v) is 4.00. The average molecular weight is 436 g/mol. The van der Waals surface area contributed by atoms with Crippen LogP contribution in [0.15, 0.2) is 71.7 Å². The lowest BCUT2D eigenvalue weighted by Gasteiger charge is -2.32. The van der Waals surface area contributed by atoms with E-state index >= 15 is 0 Å². The predicted molar refractivity (Wildman–Crippen MR) is 121 cm³/mol.